The Balaban J connectivity index is 2.30. The monoisotopic (exact) mass is 432 g/mol. The molecule has 0 aliphatic rings. The van der Waals surface area contributed by atoms with Crippen molar-refractivity contribution in [3.63, 3.8) is 0 Å². The van der Waals surface area contributed by atoms with Gasteiger partial charge in [0.2, 0.25) is 0 Å². The predicted octanol–water partition coefficient (Wildman–Crippen LogP) is 3.59. The van der Waals surface area contributed by atoms with Gasteiger partial charge >= 0.3 is 18.0 Å². The van der Waals surface area contributed by atoms with E-state index in [9.17, 15) is 14.4 Å². The minimum absolute atomic E-state index is 0.0279. The third-order valence-corrected chi connectivity index (χ3v) is 4.19. The molecular formula is C23H32N2O6. The van der Waals surface area contributed by atoms with Crippen molar-refractivity contribution in [3.05, 3.63) is 36.0 Å². The van der Waals surface area contributed by atoms with Crippen molar-refractivity contribution in [2.24, 2.45) is 0 Å². The zero-order valence-electron chi connectivity index (χ0n) is 19.3. The highest BCUT2D eigenvalue weighted by molar-refractivity contribution is 5.87. The van der Waals surface area contributed by atoms with E-state index in [1.807, 2.05) is 45.0 Å². The van der Waals surface area contributed by atoms with Crippen LogP contribution in [-0.4, -0.2) is 47.0 Å². The van der Waals surface area contributed by atoms with Crippen molar-refractivity contribution in [2.45, 2.75) is 71.8 Å². The summed E-state index contributed by atoms with van der Waals surface area (Å²) in [6.07, 6.45) is 1.26. The summed E-state index contributed by atoms with van der Waals surface area (Å²) in [5.74, 6) is -0.953. The number of amides is 1. The molecule has 2 aromatic rings. The maximum Gasteiger partial charge on any atom is 0.408 e. The molecule has 0 aliphatic carbocycles. The number of fused-ring (bicyclic) bond motifs is 1. The molecule has 1 heterocycles. The second kappa shape index (κ2) is 9.41. The number of hydrogen-bond donors (Lipinski definition) is 1. The number of nitrogens with zero attached hydrogens (tertiary/aromatic N) is 1. The van der Waals surface area contributed by atoms with E-state index in [0.717, 1.165) is 16.5 Å². The number of para-hydroxylation sites is 1. The summed E-state index contributed by atoms with van der Waals surface area (Å²) in [5.41, 5.74) is 0.319. The number of rotatable bonds is 6. The molecule has 170 valence electrons. The molecule has 8 heteroatoms. The van der Waals surface area contributed by atoms with Crippen LogP contribution >= 0.6 is 0 Å². The summed E-state index contributed by atoms with van der Waals surface area (Å²) < 4.78 is 17.3. The Morgan fingerprint density at radius 3 is 2.19 bits per heavy atom. The standard InChI is InChI=1S/C23H32N2O6/c1-22(2,3)30-19(26)14-25-13-15(16-10-8-9-11-18(16)25)12-17(20(27)29-7)24-21(28)31-23(4,5)6/h8-11,13,17H,12,14H2,1-7H3,(H,24,28). The molecule has 1 aromatic heterocycles. The number of hydrogen-bond acceptors (Lipinski definition) is 6. The lowest BCUT2D eigenvalue weighted by Crippen LogP contribution is -2.45. The van der Waals surface area contributed by atoms with Gasteiger partial charge in [0.05, 0.1) is 7.11 Å². The van der Waals surface area contributed by atoms with Gasteiger partial charge in [-0.15, -0.1) is 0 Å². The zero-order chi connectivity index (χ0) is 23.4. The van der Waals surface area contributed by atoms with Crippen LogP contribution in [0.4, 0.5) is 4.79 Å². The number of carbonyl (C=O) groups excluding carboxylic acids is 3. The number of alkyl carbamates (subject to hydrolysis) is 1. The summed E-state index contributed by atoms with van der Waals surface area (Å²) in [6.45, 7) is 10.7. The molecule has 0 spiro atoms. The Kier molecular flexibility index (Phi) is 7.36. The van der Waals surface area contributed by atoms with E-state index in [-0.39, 0.29) is 18.9 Å². The van der Waals surface area contributed by atoms with Crippen molar-refractivity contribution in [3.8, 4) is 0 Å². The molecule has 0 aliphatic heterocycles. The maximum atomic E-state index is 12.3. The van der Waals surface area contributed by atoms with E-state index in [2.05, 4.69) is 5.32 Å². The third-order valence-electron chi connectivity index (χ3n) is 4.19. The van der Waals surface area contributed by atoms with E-state index in [4.69, 9.17) is 14.2 Å². The summed E-state index contributed by atoms with van der Waals surface area (Å²) in [5, 5.41) is 3.45. The number of esters is 2. The fraction of sp³-hybridized carbons (Fsp3) is 0.522. The first kappa shape index (κ1) is 24.2. The number of aromatic nitrogens is 1. The van der Waals surface area contributed by atoms with Gasteiger partial charge in [-0.25, -0.2) is 9.59 Å². The van der Waals surface area contributed by atoms with Gasteiger partial charge in [-0.2, -0.15) is 0 Å². The van der Waals surface area contributed by atoms with Crippen molar-refractivity contribution >= 4 is 28.9 Å². The molecule has 0 fully saturated rings. The van der Waals surface area contributed by atoms with E-state index >= 15 is 0 Å². The maximum absolute atomic E-state index is 12.3. The molecule has 8 nitrogen and oxygen atoms in total. The molecule has 1 aromatic carbocycles. The van der Waals surface area contributed by atoms with Crippen LogP contribution in [0.1, 0.15) is 47.1 Å². The lowest BCUT2D eigenvalue weighted by atomic mass is 10.1. The minimum Gasteiger partial charge on any atom is -0.467 e. The van der Waals surface area contributed by atoms with Gasteiger partial charge in [0, 0.05) is 23.5 Å². The van der Waals surface area contributed by atoms with Crippen LogP contribution in [0.3, 0.4) is 0 Å². The van der Waals surface area contributed by atoms with Crippen LogP contribution in [0.15, 0.2) is 30.5 Å². The number of benzene rings is 1. The molecule has 1 amide bonds. The lowest BCUT2D eigenvalue weighted by molar-refractivity contribution is -0.155. The SMILES string of the molecule is COC(=O)C(Cc1cn(CC(=O)OC(C)(C)C)c2ccccc12)NC(=O)OC(C)(C)C. The largest absolute Gasteiger partial charge is 0.467 e. The molecular weight excluding hydrogens is 400 g/mol. The number of carbonyl (C=O) groups is 3. The quantitative estimate of drug-likeness (QED) is 0.554. The summed E-state index contributed by atoms with van der Waals surface area (Å²) >= 11 is 0. The van der Waals surface area contributed by atoms with E-state index < -0.39 is 29.3 Å². The first-order valence-corrected chi connectivity index (χ1v) is 10.1. The van der Waals surface area contributed by atoms with Gasteiger partial charge in [0.25, 0.3) is 0 Å². The van der Waals surface area contributed by atoms with Gasteiger partial charge in [0.15, 0.2) is 0 Å². The van der Waals surface area contributed by atoms with Crippen LogP contribution in [0, 0.1) is 0 Å². The molecule has 1 N–H and O–H groups in total. The van der Waals surface area contributed by atoms with Gasteiger partial charge in [-0.3, -0.25) is 4.79 Å². The van der Waals surface area contributed by atoms with Crippen LogP contribution in [0.5, 0.6) is 0 Å². The summed E-state index contributed by atoms with van der Waals surface area (Å²) in [7, 11) is 1.26. The minimum atomic E-state index is -0.944. The topological polar surface area (TPSA) is 95.9 Å². The highest BCUT2D eigenvalue weighted by Gasteiger charge is 2.27. The summed E-state index contributed by atoms with van der Waals surface area (Å²) in [4.78, 5) is 36.9. The van der Waals surface area contributed by atoms with Gasteiger partial charge in [-0.05, 0) is 53.2 Å². The molecule has 0 saturated heterocycles. The van der Waals surface area contributed by atoms with Crippen molar-refractivity contribution in [2.75, 3.05) is 7.11 Å². The first-order chi connectivity index (χ1) is 14.3. The molecule has 31 heavy (non-hydrogen) atoms. The Bertz CT molecular complexity index is 949. The van der Waals surface area contributed by atoms with Crippen LogP contribution in [0.25, 0.3) is 10.9 Å². The molecule has 1 unspecified atom stereocenters. The van der Waals surface area contributed by atoms with E-state index in [0.29, 0.717) is 0 Å². The number of methoxy groups -OCH3 is 1. The van der Waals surface area contributed by atoms with Crippen molar-refractivity contribution in [1.82, 2.24) is 9.88 Å². The van der Waals surface area contributed by atoms with Gasteiger partial charge in [0.1, 0.15) is 23.8 Å². The van der Waals surface area contributed by atoms with E-state index in [1.54, 1.807) is 31.5 Å². The second-order valence-corrected chi connectivity index (χ2v) is 9.31. The average Bonchev–Trinajstić information content (AvgIpc) is 2.95. The first-order valence-electron chi connectivity index (χ1n) is 10.1. The second-order valence-electron chi connectivity index (χ2n) is 9.31. The zero-order valence-corrected chi connectivity index (χ0v) is 19.3. The Morgan fingerprint density at radius 1 is 1.00 bits per heavy atom. The molecule has 1 atom stereocenters. The number of nitrogens with one attached hydrogen (secondary N) is 1. The number of ether oxygens (including phenoxy) is 3. The average molecular weight is 433 g/mol. The third kappa shape index (κ3) is 7.31. The molecule has 0 bridgehead atoms. The smallest absolute Gasteiger partial charge is 0.408 e. The fourth-order valence-corrected chi connectivity index (χ4v) is 3.13. The Hall–Kier alpha value is -3.03. The van der Waals surface area contributed by atoms with Crippen molar-refractivity contribution in [1.29, 1.82) is 0 Å². The van der Waals surface area contributed by atoms with Crippen molar-refractivity contribution < 1.29 is 28.6 Å². The predicted molar refractivity (Wildman–Crippen MR) is 117 cm³/mol. The Morgan fingerprint density at radius 2 is 1.61 bits per heavy atom. The highest BCUT2D eigenvalue weighted by Crippen LogP contribution is 2.23. The molecule has 2 rings (SSSR count). The van der Waals surface area contributed by atoms with Crippen LogP contribution < -0.4 is 5.32 Å². The van der Waals surface area contributed by atoms with Crippen LogP contribution in [-0.2, 0) is 36.8 Å². The molecule has 0 saturated carbocycles. The Labute approximate surface area is 182 Å². The van der Waals surface area contributed by atoms with Crippen LogP contribution in [0.2, 0.25) is 0 Å². The fourth-order valence-electron chi connectivity index (χ4n) is 3.13. The lowest BCUT2D eigenvalue weighted by Gasteiger charge is -2.22. The van der Waals surface area contributed by atoms with Gasteiger partial charge < -0.3 is 24.1 Å². The normalized spacial score (nSPS) is 12.9. The van der Waals surface area contributed by atoms with Gasteiger partial charge in [-0.1, -0.05) is 18.2 Å². The highest BCUT2D eigenvalue weighted by atomic mass is 16.6. The summed E-state index contributed by atoms with van der Waals surface area (Å²) in [6, 6.07) is 6.59. The molecule has 0 radical (unpaired) electrons. The van der Waals surface area contributed by atoms with E-state index in [1.165, 1.54) is 7.11 Å².